The van der Waals surface area contributed by atoms with Gasteiger partial charge < -0.3 is 69.7 Å². The zero-order valence-electron chi connectivity index (χ0n) is 42.4. The van der Waals surface area contributed by atoms with Crippen LogP contribution < -0.4 is 59.7 Å². The summed E-state index contributed by atoms with van der Waals surface area (Å²) in [4.78, 5) is 139. The summed E-state index contributed by atoms with van der Waals surface area (Å²) in [6, 6.07) is 7.02. The van der Waals surface area contributed by atoms with Gasteiger partial charge in [0.2, 0.25) is 53.2 Å². The number of imidazole rings is 1. The summed E-state index contributed by atoms with van der Waals surface area (Å²) in [7, 11) is 0. The third-order valence-corrected chi connectivity index (χ3v) is 12.6. The van der Waals surface area contributed by atoms with Gasteiger partial charge in [0.15, 0.2) is 5.96 Å². The lowest BCUT2D eigenvalue weighted by atomic mass is 10.0. The summed E-state index contributed by atoms with van der Waals surface area (Å²) in [6.45, 7) is 3.38. The maximum atomic E-state index is 14.7. The Morgan fingerprint density at radius 2 is 1.40 bits per heavy atom. The van der Waals surface area contributed by atoms with Crippen LogP contribution in [-0.2, 0) is 62.4 Å². The Kier molecular flexibility index (Phi) is 22.6. The minimum Gasteiger partial charge on any atom is -0.370 e. The van der Waals surface area contributed by atoms with Gasteiger partial charge in [0.1, 0.15) is 42.3 Å². The topological polar surface area (TPSA) is 385 Å². The second-order valence-corrected chi connectivity index (χ2v) is 18.5. The molecular weight excluding hydrogens is 967 g/mol. The van der Waals surface area contributed by atoms with Crippen molar-refractivity contribution in [3.8, 4) is 0 Å². The van der Waals surface area contributed by atoms with Gasteiger partial charge in [0.25, 0.3) is 0 Å². The first-order chi connectivity index (χ1) is 36.0. The number of fused-ring (bicyclic) bond motifs is 1. The van der Waals surface area contributed by atoms with E-state index >= 15 is 0 Å². The largest absolute Gasteiger partial charge is 0.370 e. The maximum Gasteiger partial charge on any atom is 0.243 e. The molecule has 16 N–H and O–H groups in total. The SMILES string of the molecule is CCCCC(NC(C)=O)C(=O)N[C@H]1CCC(=O)NCCCC[C@@H](C(N)=O)NC(=O)[C@H](Cc2c[nH]c3ccccc23)NC(=O)[C@H](CCCN=C(N)N)NC(=O)[C@@H](Cc2ccccc2)NC(=O)[C@H](Cc2cnc[nH]2)NC1=O. The summed E-state index contributed by atoms with van der Waals surface area (Å²) in [6.07, 6.45) is 6.12. The Balaban J connectivity index is 1.54. The van der Waals surface area contributed by atoms with E-state index < -0.39 is 95.5 Å². The molecule has 4 aromatic rings. The number of guanidine groups is 1. The molecule has 1 aliphatic heterocycles. The number of unbranched alkanes of at least 4 members (excludes halogenated alkanes) is 1. The lowest BCUT2D eigenvalue weighted by Gasteiger charge is -2.28. The van der Waals surface area contributed by atoms with E-state index in [1.165, 1.54) is 19.4 Å². The highest BCUT2D eigenvalue weighted by Crippen LogP contribution is 2.20. The fraction of sp³-hybridized carbons (Fsp3) is 0.471. The molecule has 2 aromatic carbocycles. The number of carbonyl (C=O) groups excluding carboxylic acids is 9. The predicted molar refractivity (Wildman–Crippen MR) is 278 cm³/mol. The predicted octanol–water partition coefficient (Wildman–Crippen LogP) is -0.858. The lowest BCUT2D eigenvalue weighted by molar-refractivity contribution is -0.136. The molecule has 1 aliphatic rings. The fourth-order valence-corrected chi connectivity index (χ4v) is 8.56. The van der Waals surface area contributed by atoms with Gasteiger partial charge in [-0.2, -0.15) is 0 Å². The first-order valence-corrected chi connectivity index (χ1v) is 25.3. The number of amides is 9. The van der Waals surface area contributed by atoms with E-state index in [4.69, 9.17) is 17.2 Å². The molecule has 1 saturated heterocycles. The van der Waals surface area contributed by atoms with Crippen LogP contribution in [0.5, 0.6) is 0 Å². The van der Waals surface area contributed by atoms with Gasteiger partial charge >= 0.3 is 0 Å². The monoisotopic (exact) mass is 1040 g/mol. The van der Waals surface area contributed by atoms with Gasteiger partial charge in [0, 0.05) is 74.7 Å². The minimum absolute atomic E-state index is 0.0465. The molecule has 0 radical (unpaired) electrons. The number of nitrogens with two attached hydrogens (primary N) is 3. The van der Waals surface area contributed by atoms with E-state index in [1.807, 2.05) is 31.2 Å². The molecule has 0 saturated carbocycles. The van der Waals surface area contributed by atoms with Crippen LogP contribution in [0.15, 0.2) is 78.3 Å². The highest BCUT2D eigenvalue weighted by molar-refractivity contribution is 5.98. The van der Waals surface area contributed by atoms with Gasteiger partial charge in [0.05, 0.1) is 6.33 Å². The van der Waals surface area contributed by atoms with Crippen LogP contribution >= 0.6 is 0 Å². The van der Waals surface area contributed by atoms with Gasteiger partial charge in [-0.05, 0) is 62.1 Å². The van der Waals surface area contributed by atoms with Crippen molar-refractivity contribution in [2.45, 2.75) is 140 Å². The highest BCUT2D eigenvalue weighted by atomic mass is 16.2. The second kappa shape index (κ2) is 29.4. The van der Waals surface area contributed by atoms with Crippen LogP contribution in [0.25, 0.3) is 10.9 Å². The first-order valence-electron chi connectivity index (χ1n) is 25.3. The molecule has 3 heterocycles. The number of primary amides is 1. The van der Waals surface area contributed by atoms with Crippen molar-refractivity contribution in [2.75, 3.05) is 13.1 Å². The molecule has 0 aliphatic carbocycles. The van der Waals surface area contributed by atoms with Crippen molar-refractivity contribution in [2.24, 2.45) is 22.2 Å². The number of hydrogen-bond donors (Lipinski definition) is 13. The van der Waals surface area contributed by atoms with Crippen LogP contribution in [0, 0.1) is 0 Å². The minimum atomic E-state index is -1.42. The molecule has 0 spiro atoms. The molecule has 1 fully saturated rings. The van der Waals surface area contributed by atoms with Gasteiger partial charge in [-0.15, -0.1) is 0 Å². The van der Waals surface area contributed by atoms with E-state index in [-0.39, 0.29) is 76.8 Å². The van der Waals surface area contributed by atoms with Crippen LogP contribution in [0.2, 0.25) is 0 Å². The van der Waals surface area contributed by atoms with E-state index in [2.05, 4.69) is 62.5 Å². The number of aromatic nitrogens is 3. The number of aromatic amines is 2. The molecule has 75 heavy (non-hydrogen) atoms. The number of rotatable bonds is 17. The van der Waals surface area contributed by atoms with Crippen molar-refractivity contribution in [3.63, 3.8) is 0 Å². The zero-order valence-corrected chi connectivity index (χ0v) is 42.4. The van der Waals surface area contributed by atoms with Crippen LogP contribution in [0.3, 0.4) is 0 Å². The maximum absolute atomic E-state index is 14.7. The molecule has 7 atom stereocenters. The molecule has 24 heteroatoms. The molecular formula is C51H71N15O9. The van der Waals surface area contributed by atoms with E-state index in [0.29, 0.717) is 42.5 Å². The van der Waals surface area contributed by atoms with Crippen molar-refractivity contribution in [1.29, 1.82) is 0 Å². The summed E-state index contributed by atoms with van der Waals surface area (Å²) < 4.78 is 0. The molecule has 24 nitrogen and oxygen atoms in total. The number of carbonyl (C=O) groups is 9. The fourth-order valence-electron chi connectivity index (χ4n) is 8.56. The Hall–Kier alpha value is -8.31. The number of nitrogens with zero attached hydrogens (tertiary/aromatic N) is 2. The van der Waals surface area contributed by atoms with Gasteiger partial charge in [-0.1, -0.05) is 68.3 Å². The number of nitrogens with one attached hydrogen (secondary N) is 10. The Morgan fingerprint density at radius 3 is 2.08 bits per heavy atom. The van der Waals surface area contributed by atoms with Crippen molar-refractivity contribution < 1.29 is 43.2 Å². The van der Waals surface area contributed by atoms with Crippen LogP contribution in [0.4, 0.5) is 0 Å². The first kappa shape index (κ1) is 57.6. The van der Waals surface area contributed by atoms with E-state index in [1.54, 1.807) is 36.5 Å². The smallest absolute Gasteiger partial charge is 0.243 e. The molecule has 9 amide bonds. The Bertz CT molecular complexity index is 2600. The number of hydrogen-bond acceptors (Lipinski definition) is 11. The third kappa shape index (κ3) is 18.9. The zero-order chi connectivity index (χ0) is 54.3. The van der Waals surface area contributed by atoms with Crippen molar-refractivity contribution >= 4 is 70.0 Å². The number of benzene rings is 2. The van der Waals surface area contributed by atoms with Crippen molar-refractivity contribution in [3.05, 3.63) is 90.1 Å². The summed E-state index contributed by atoms with van der Waals surface area (Å²) in [5.74, 6) is -6.67. The Morgan fingerprint density at radius 1 is 0.747 bits per heavy atom. The second-order valence-electron chi connectivity index (χ2n) is 18.5. The van der Waals surface area contributed by atoms with E-state index in [9.17, 15) is 43.2 Å². The Labute approximate surface area is 434 Å². The normalized spacial score (nSPS) is 21.4. The number of aliphatic imine (C=N–C) groups is 1. The quantitative estimate of drug-likeness (QED) is 0.0349. The molecule has 1 unspecified atom stereocenters. The highest BCUT2D eigenvalue weighted by Gasteiger charge is 2.35. The van der Waals surface area contributed by atoms with E-state index in [0.717, 1.165) is 10.9 Å². The lowest BCUT2D eigenvalue weighted by Crippen LogP contribution is -2.61. The average molecular weight is 1040 g/mol. The van der Waals surface area contributed by atoms with Crippen LogP contribution in [0.1, 0.15) is 94.9 Å². The van der Waals surface area contributed by atoms with Crippen LogP contribution in [-0.4, -0.2) is 129 Å². The third-order valence-electron chi connectivity index (χ3n) is 12.6. The van der Waals surface area contributed by atoms with Gasteiger partial charge in [-0.25, -0.2) is 4.98 Å². The summed E-state index contributed by atoms with van der Waals surface area (Å²) in [5, 5.41) is 22.6. The van der Waals surface area contributed by atoms with Crippen molar-refractivity contribution in [1.82, 2.24) is 57.5 Å². The number of H-pyrrole nitrogens is 2. The number of para-hydroxylation sites is 1. The standard InChI is InChI=1S/C51H71N15O9/c1-3-4-16-37(60-30(2)67)45(70)63-39-20-21-43(68)56-22-11-10-18-36(44(52)69)61-49(74)41(25-32-27-58-35-17-9-8-15-34(32)35)65-46(71)38(19-12-23-57-51(53)54)62-48(73)40(24-31-13-6-5-7-14-31)64-50(75)42(66-47(39)72)26-33-28-55-29-59-33/h5-9,13-15,17,27-29,36-42,58H,3-4,10-12,16,18-26H2,1-2H3,(H2,52,69)(H,55,59)(H,56,68)(H,60,67)(H,61,74)(H,62,73)(H,63,70)(H,64,75)(H,65,71)(H,66,72)(H4,53,54,57)/t36-,37?,38-,39-,40+,41-,42-/m0/s1. The summed E-state index contributed by atoms with van der Waals surface area (Å²) in [5.41, 5.74) is 19.5. The molecule has 2 aromatic heterocycles. The molecule has 404 valence electrons. The molecule has 0 bridgehead atoms. The molecule has 5 rings (SSSR count). The summed E-state index contributed by atoms with van der Waals surface area (Å²) >= 11 is 0. The van der Waals surface area contributed by atoms with Gasteiger partial charge in [-0.3, -0.25) is 48.1 Å². The average Bonchev–Trinajstić information content (AvgIpc) is 4.05.